The summed E-state index contributed by atoms with van der Waals surface area (Å²) in [6.07, 6.45) is 0. The first-order valence-corrected chi connectivity index (χ1v) is 12.7. The van der Waals surface area contributed by atoms with Crippen molar-refractivity contribution in [2.24, 2.45) is 0 Å². The van der Waals surface area contributed by atoms with E-state index in [2.05, 4.69) is 134 Å². The largest absolute Gasteiger partial charge is 0.309 e. The number of hydrogen-bond acceptors (Lipinski definition) is 0. The maximum atomic E-state index is 2.46. The third kappa shape index (κ3) is 2.55. The number of benzene rings is 6. The summed E-state index contributed by atoms with van der Waals surface area (Å²) >= 11 is 0. The molecule has 1 heterocycles. The molecule has 0 N–H and O–H groups in total. The van der Waals surface area contributed by atoms with Crippen molar-refractivity contribution in [1.82, 2.24) is 4.57 Å². The Balaban J connectivity index is 1.48. The van der Waals surface area contributed by atoms with Gasteiger partial charge in [0.05, 0.1) is 11.0 Å². The van der Waals surface area contributed by atoms with Gasteiger partial charge in [-0.1, -0.05) is 86.6 Å². The van der Waals surface area contributed by atoms with Gasteiger partial charge in [0, 0.05) is 21.9 Å². The molecule has 1 heteroatoms. The molecule has 0 saturated heterocycles. The number of hydrogen-bond donors (Lipinski definition) is 0. The second-order valence-electron chi connectivity index (χ2n) is 10.7. The minimum absolute atomic E-state index is 0.0619. The van der Waals surface area contributed by atoms with E-state index in [1.165, 1.54) is 71.3 Å². The van der Waals surface area contributed by atoms with Crippen molar-refractivity contribution in [3.63, 3.8) is 0 Å². The van der Waals surface area contributed by atoms with E-state index < -0.39 is 0 Å². The van der Waals surface area contributed by atoms with E-state index in [-0.39, 0.29) is 5.41 Å². The molecule has 0 aliphatic heterocycles. The van der Waals surface area contributed by atoms with Crippen LogP contribution in [0, 0.1) is 0 Å². The SMILES string of the molecule is CC1(C)c2cc3ccccc3cc2-c2cc3c4ccccc4n(-c4ccc5ccccc5c4)c3cc21. The minimum atomic E-state index is -0.0619. The number of rotatable bonds is 1. The fraction of sp³-hybridized carbons (Fsp3) is 0.0857. The molecule has 6 aromatic carbocycles. The number of para-hydroxylation sites is 1. The molecule has 0 amide bonds. The molecule has 0 radical (unpaired) electrons. The first kappa shape index (κ1) is 19.9. The fourth-order valence-electron chi connectivity index (χ4n) is 6.47. The van der Waals surface area contributed by atoms with Crippen molar-refractivity contribution in [3.05, 3.63) is 126 Å². The summed E-state index contributed by atoms with van der Waals surface area (Å²) in [6, 6.07) is 42.7. The smallest absolute Gasteiger partial charge is 0.0544 e. The molecule has 7 aromatic rings. The molecule has 1 aliphatic carbocycles. The van der Waals surface area contributed by atoms with Gasteiger partial charge < -0.3 is 4.57 Å². The van der Waals surface area contributed by atoms with Crippen molar-refractivity contribution in [2.75, 3.05) is 0 Å². The zero-order valence-corrected chi connectivity index (χ0v) is 20.4. The highest BCUT2D eigenvalue weighted by molar-refractivity contribution is 6.12. The summed E-state index contributed by atoms with van der Waals surface area (Å²) in [5.74, 6) is 0. The number of fused-ring (bicyclic) bond motifs is 8. The standard InChI is InChI=1S/C35H25N/c1-35(2)31-19-25-12-6-5-11-24(25)18-28(31)29-20-30-27-13-7-8-14-33(27)36(34(30)21-32(29)35)26-16-15-22-9-3-4-10-23(22)17-26/h3-21H,1-2H3. The lowest BCUT2D eigenvalue weighted by molar-refractivity contribution is 0.662. The Labute approximate surface area is 210 Å². The molecule has 0 unspecified atom stereocenters. The Morgan fingerprint density at radius 1 is 0.472 bits per heavy atom. The van der Waals surface area contributed by atoms with Gasteiger partial charge in [-0.25, -0.2) is 0 Å². The van der Waals surface area contributed by atoms with E-state index in [1.807, 2.05) is 0 Å². The molecular formula is C35H25N. The topological polar surface area (TPSA) is 4.93 Å². The molecular weight excluding hydrogens is 434 g/mol. The molecule has 1 aromatic heterocycles. The molecule has 0 saturated carbocycles. The Morgan fingerprint density at radius 2 is 1.08 bits per heavy atom. The molecule has 1 nitrogen and oxygen atoms in total. The lowest BCUT2D eigenvalue weighted by Gasteiger charge is -2.22. The maximum Gasteiger partial charge on any atom is 0.0544 e. The van der Waals surface area contributed by atoms with Crippen LogP contribution < -0.4 is 0 Å². The van der Waals surface area contributed by atoms with Crippen LogP contribution in [0.5, 0.6) is 0 Å². The van der Waals surface area contributed by atoms with Crippen LogP contribution in [-0.4, -0.2) is 4.57 Å². The van der Waals surface area contributed by atoms with Gasteiger partial charge >= 0.3 is 0 Å². The van der Waals surface area contributed by atoms with Crippen molar-refractivity contribution >= 4 is 43.4 Å². The molecule has 0 bridgehead atoms. The van der Waals surface area contributed by atoms with Gasteiger partial charge in [-0.05, 0) is 86.3 Å². The van der Waals surface area contributed by atoms with E-state index in [1.54, 1.807) is 0 Å². The minimum Gasteiger partial charge on any atom is -0.309 e. The van der Waals surface area contributed by atoms with Gasteiger partial charge in [-0.15, -0.1) is 0 Å². The van der Waals surface area contributed by atoms with E-state index >= 15 is 0 Å². The van der Waals surface area contributed by atoms with Crippen molar-refractivity contribution in [3.8, 4) is 16.8 Å². The second-order valence-corrected chi connectivity index (χ2v) is 10.7. The highest BCUT2D eigenvalue weighted by atomic mass is 15.0. The van der Waals surface area contributed by atoms with E-state index in [0.29, 0.717) is 0 Å². The normalized spacial score (nSPS) is 14.1. The predicted molar refractivity (Wildman–Crippen MR) is 153 cm³/mol. The molecule has 1 aliphatic rings. The average Bonchev–Trinajstić information content (AvgIpc) is 3.35. The molecule has 36 heavy (non-hydrogen) atoms. The lowest BCUT2D eigenvalue weighted by Crippen LogP contribution is -2.15. The van der Waals surface area contributed by atoms with Crippen LogP contribution in [0.2, 0.25) is 0 Å². The molecule has 8 rings (SSSR count). The van der Waals surface area contributed by atoms with Gasteiger partial charge in [-0.3, -0.25) is 0 Å². The summed E-state index contributed by atoms with van der Waals surface area (Å²) in [4.78, 5) is 0. The van der Waals surface area contributed by atoms with Gasteiger partial charge in [0.15, 0.2) is 0 Å². The number of nitrogens with zero attached hydrogens (tertiary/aromatic N) is 1. The molecule has 170 valence electrons. The van der Waals surface area contributed by atoms with E-state index in [4.69, 9.17) is 0 Å². The Kier molecular flexibility index (Phi) is 3.79. The van der Waals surface area contributed by atoms with Crippen LogP contribution in [0.3, 0.4) is 0 Å². The molecule has 0 fully saturated rings. The van der Waals surface area contributed by atoms with Gasteiger partial charge in [-0.2, -0.15) is 0 Å². The van der Waals surface area contributed by atoms with Crippen LogP contribution in [-0.2, 0) is 5.41 Å². The summed E-state index contributed by atoms with van der Waals surface area (Å²) in [5, 5.41) is 7.77. The highest BCUT2D eigenvalue weighted by Crippen LogP contribution is 2.52. The number of aromatic nitrogens is 1. The van der Waals surface area contributed by atoms with Gasteiger partial charge in [0.25, 0.3) is 0 Å². The van der Waals surface area contributed by atoms with Crippen LogP contribution in [0.15, 0.2) is 115 Å². The lowest BCUT2D eigenvalue weighted by atomic mass is 9.81. The quantitative estimate of drug-likeness (QED) is 0.230. The first-order valence-electron chi connectivity index (χ1n) is 12.7. The first-order chi connectivity index (χ1) is 17.6. The van der Waals surface area contributed by atoms with Crippen LogP contribution in [0.1, 0.15) is 25.0 Å². The van der Waals surface area contributed by atoms with Crippen molar-refractivity contribution in [2.45, 2.75) is 19.3 Å². The Bertz CT molecular complexity index is 2020. The third-order valence-electron chi connectivity index (χ3n) is 8.33. The summed E-state index contributed by atoms with van der Waals surface area (Å²) in [7, 11) is 0. The zero-order chi connectivity index (χ0) is 24.0. The zero-order valence-electron chi connectivity index (χ0n) is 20.4. The van der Waals surface area contributed by atoms with Crippen LogP contribution >= 0.6 is 0 Å². The molecule has 0 atom stereocenters. The van der Waals surface area contributed by atoms with Crippen LogP contribution in [0.25, 0.3) is 60.2 Å². The fourth-order valence-corrected chi connectivity index (χ4v) is 6.47. The predicted octanol–water partition coefficient (Wildman–Crippen LogP) is 9.40. The summed E-state index contributed by atoms with van der Waals surface area (Å²) in [5.41, 5.74) is 9.24. The maximum absolute atomic E-state index is 2.46. The van der Waals surface area contributed by atoms with E-state index in [0.717, 1.165) is 0 Å². The van der Waals surface area contributed by atoms with Gasteiger partial charge in [0.2, 0.25) is 0 Å². The molecule has 0 spiro atoms. The highest BCUT2D eigenvalue weighted by Gasteiger charge is 2.36. The van der Waals surface area contributed by atoms with Crippen molar-refractivity contribution in [1.29, 1.82) is 0 Å². The monoisotopic (exact) mass is 459 g/mol. The third-order valence-corrected chi connectivity index (χ3v) is 8.33. The van der Waals surface area contributed by atoms with E-state index in [9.17, 15) is 0 Å². The van der Waals surface area contributed by atoms with Gasteiger partial charge in [0.1, 0.15) is 0 Å². The van der Waals surface area contributed by atoms with Crippen molar-refractivity contribution < 1.29 is 0 Å². The van der Waals surface area contributed by atoms with Crippen LogP contribution in [0.4, 0.5) is 0 Å². The average molecular weight is 460 g/mol. The Hall–Kier alpha value is -4.36. The summed E-state index contributed by atoms with van der Waals surface area (Å²) < 4.78 is 2.45. The summed E-state index contributed by atoms with van der Waals surface area (Å²) in [6.45, 7) is 4.75. The second kappa shape index (κ2) is 6.86. The Morgan fingerprint density at radius 3 is 1.89 bits per heavy atom.